The summed E-state index contributed by atoms with van der Waals surface area (Å²) >= 11 is 0. The highest BCUT2D eigenvalue weighted by Gasteiger charge is 2.20. The number of nitriles is 1. The SMILES string of the molecule is CC(C)(C#N)[NH2+]c1ccccc1. The van der Waals surface area contributed by atoms with Crippen molar-refractivity contribution in [1.82, 2.24) is 0 Å². The molecule has 0 spiro atoms. The van der Waals surface area contributed by atoms with E-state index >= 15 is 0 Å². The first-order valence-electron chi connectivity index (χ1n) is 3.96. The van der Waals surface area contributed by atoms with Gasteiger partial charge in [-0.1, -0.05) is 18.2 Å². The fraction of sp³-hybridized carbons (Fsp3) is 0.300. The van der Waals surface area contributed by atoms with Gasteiger partial charge in [-0.15, -0.1) is 0 Å². The molecule has 0 aromatic heterocycles. The average Bonchev–Trinajstić information content (AvgIpc) is 2.06. The maximum absolute atomic E-state index is 8.77. The van der Waals surface area contributed by atoms with E-state index in [9.17, 15) is 0 Å². The first-order chi connectivity index (χ1) is 5.64. The molecule has 0 unspecified atom stereocenters. The topological polar surface area (TPSA) is 40.4 Å². The van der Waals surface area contributed by atoms with Crippen molar-refractivity contribution in [3.05, 3.63) is 30.3 Å². The third-order valence-corrected chi connectivity index (χ3v) is 1.62. The summed E-state index contributed by atoms with van der Waals surface area (Å²) in [6.45, 7) is 3.81. The Morgan fingerprint density at radius 2 is 1.83 bits per heavy atom. The molecule has 1 rings (SSSR count). The van der Waals surface area contributed by atoms with E-state index in [0.717, 1.165) is 5.69 Å². The van der Waals surface area contributed by atoms with Crippen LogP contribution in [0.5, 0.6) is 0 Å². The van der Waals surface area contributed by atoms with Crippen LogP contribution >= 0.6 is 0 Å². The molecule has 12 heavy (non-hydrogen) atoms. The maximum atomic E-state index is 8.77. The van der Waals surface area contributed by atoms with Crippen molar-refractivity contribution in [2.45, 2.75) is 19.4 Å². The maximum Gasteiger partial charge on any atom is 0.182 e. The zero-order valence-electron chi connectivity index (χ0n) is 7.41. The first kappa shape index (κ1) is 8.76. The third kappa shape index (κ3) is 2.37. The highest BCUT2D eigenvalue weighted by molar-refractivity contribution is 5.27. The fourth-order valence-corrected chi connectivity index (χ4v) is 0.998. The number of hydrogen-bond acceptors (Lipinski definition) is 1. The minimum Gasteiger partial charge on any atom is -0.298 e. The number of hydrogen-bond donors (Lipinski definition) is 1. The summed E-state index contributed by atoms with van der Waals surface area (Å²) in [7, 11) is 0. The second-order valence-corrected chi connectivity index (χ2v) is 3.39. The summed E-state index contributed by atoms with van der Waals surface area (Å²) in [6, 6.07) is 12.1. The normalized spacial score (nSPS) is 10.8. The Bertz CT molecular complexity index is 282. The summed E-state index contributed by atoms with van der Waals surface area (Å²) in [5.74, 6) is 0. The van der Waals surface area contributed by atoms with E-state index in [2.05, 4.69) is 6.07 Å². The largest absolute Gasteiger partial charge is 0.298 e. The highest BCUT2D eigenvalue weighted by atomic mass is 15.0. The van der Waals surface area contributed by atoms with Crippen LogP contribution in [0.25, 0.3) is 0 Å². The first-order valence-corrected chi connectivity index (χ1v) is 3.96. The molecule has 0 heterocycles. The minimum absolute atomic E-state index is 0.374. The molecule has 0 aliphatic carbocycles. The fourth-order valence-electron chi connectivity index (χ4n) is 0.998. The number of quaternary nitrogens is 1. The van der Waals surface area contributed by atoms with Gasteiger partial charge in [-0.3, -0.25) is 5.32 Å². The van der Waals surface area contributed by atoms with Crippen LogP contribution in [0.4, 0.5) is 5.69 Å². The minimum atomic E-state index is -0.374. The molecule has 0 saturated heterocycles. The molecule has 0 atom stereocenters. The monoisotopic (exact) mass is 161 g/mol. The summed E-state index contributed by atoms with van der Waals surface area (Å²) in [6.07, 6.45) is 0. The van der Waals surface area contributed by atoms with Gasteiger partial charge in [-0.25, -0.2) is 0 Å². The number of para-hydroxylation sites is 1. The molecule has 0 radical (unpaired) electrons. The molecular weight excluding hydrogens is 148 g/mol. The summed E-state index contributed by atoms with van der Waals surface area (Å²) in [4.78, 5) is 0. The molecule has 0 bridgehead atoms. The van der Waals surface area contributed by atoms with Crippen molar-refractivity contribution < 1.29 is 5.32 Å². The van der Waals surface area contributed by atoms with Crippen molar-refractivity contribution in [2.24, 2.45) is 0 Å². The van der Waals surface area contributed by atoms with Crippen LogP contribution in [0, 0.1) is 11.3 Å². The molecule has 1 aromatic rings. The van der Waals surface area contributed by atoms with Crippen molar-refractivity contribution >= 4 is 5.69 Å². The summed E-state index contributed by atoms with van der Waals surface area (Å²) < 4.78 is 0. The average molecular weight is 161 g/mol. The molecule has 0 amide bonds. The molecule has 0 fully saturated rings. The molecule has 2 heteroatoms. The smallest absolute Gasteiger partial charge is 0.182 e. The molecule has 0 aliphatic heterocycles. The van der Waals surface area contributed by atoms with E-state index in [1.54, 1.807) is 0 Å². The lowest BCUT2D eigenvalue weighted by molar-refractivity contribution is -0.630. The highest BCUT2D eigenvalue weighted by Crippen LogP contribution is 2.00. The molecule has 0 saturated carbocycles. The van der Waals surface area contributed by atoms with Crippen LogP contribution < -0.4 is 5.32 Å². The van der Waals surface area contributed by atoms with Crippen LogP contribution in [0.3, 0.4) is 0 Å². The van der Waals surface area contributed by atoms with Gasteiger partial charge < -0.3 is 0 Å². The zero-order chi connectivity index (χ0) is 9.03. The van der Waals surface area contributed by atoms with Crippen LogP contribution in [0.2, 0.25) is 0 Å². The van der Waals surface area contributed by atoms with E-state index in [1.165, 1.54) is 0 Å². The van der Waals surface area contributed by atoms with Gasteiger partial charge in [0.05, 0.1) is 0 Å². The molecular formula is C10H13N2+. The van der Waals surface area contributed by atoms with Crippen LogP contribution in [-0.2, 0) is 0 Å². The van der Waals surface area contributed by atoms with Gasteiger partial charge in [0.15, 0.2) is 5.54 Å². The van der Waals surface area contributed by atoms with Crippen molar-refractivity contribution in [1.29, 1.82) is 5.26 Å². The Balaban J connectivity index is 2.72. The quantitative estimate of drug-likeness (QED) is 0.650. The lowest BCUT2D eigenvalue weighted by Crippen LogP contribution is -2.89. The Morgan fingerprint density at radius 1 is 1.25 bits per heavy atom. The lowest BCUT2D eigenvalue weighted by Gasteiger charge is -2.12. The second-order valence-electron chi connectivity index (χ2n) is 3.39. The third-order valence-electron chi connectivity index (χ3n) is 1.62. The number of nitrogens with two attached hydrogens (primary N) is 1. The molecule has 1 aromatic carbocycles. The standard InChI is InChI=1S/C10H12N2/c1-10(2,8-11)12-9-6-4-3-5-7-9/h3-7,12H,1-2H3/p+1. The second kappa shape index (κ2) is 3.38. The Labute approximate surface area is 72.8 Å². The van der Waals surface area contributed by atoms with Gasteiger partial charge in [0, 0.05) is 13.8 Å². The Morgan fingerprint density at radius 3 is 2.33 bits per heavy atom. The van der Waals surface area contributed by atoms with Crippen LogP contribution in [0.1, 0.15) is 13.8 Å². The number of benzene rings is 1. The zero-order valence-corrected chi connectivity index (χ0v) is 7.41. The van der Waals surface area contributed by atoms with Gasteiger partial charge >= 0.3 is 0 Å². The predicted octanol–water partition coefficient (Wildman–Crippen LogP) is 1.18. The van der Waals surface area contributed by atoms with Gasteiger partial charge in [-0.2, -0.15) is 5.26 Å². The van der Waals surface area contributed by atoms with Gasteiger partial charge in [-0.05, 0) is 12.1 Å². The van der Waals surface area contributed by atoms with Crippen molar-refractivity contribution in [3.63, 3.8) is 0 Å². The van der Waals surface area contributed by atoms with E-state index in [-0.39, 0.29) is 5.54 Å². The molecule has 2 nitrogen and oxygen atoms in total. The summed E-state index contributed by atoms with van der Waals surface area (Å²) in [5, 5.41) is 10.7. The Kier molecular flexibility index (Phi) is 2.47. The van der Waals surface area contributed by atoms with Crippen molar-refractivity contribution in [3.8, 4) is 6.07 Å². The van der Waals surface area contributed by atoms with Crippen LogP contribution in [0.15, 0.2) is 30.3 Å². The predicted molar refractivity (Wildman–Crippen MR) is 47.7 cm³/mol. The number of rotatable bonds is 2. The lowest BCUT2D eigenvalue weighted by atomic mass is 10.1. The van der Waals surface area contributed by atoms with Crippen LogP contribution in [-0.4, -0.2) is 5.54 Å². The van der Waals surface area contributed by atoms with E-state index in [4.69, 9.17) is 5.26 Å². The van der Waals surface area contributed by atoms with Gasteiger partial charge in [0.25, 0.3) is 0 Å². The molecule has 2 N–H and O–H groups in total. The number of nitrogens with zero attached hydrogens (tertiary/aromatic N) is 1. The van der Waals surface area contributed by atoms with Gasteiger partial charge in [0.2, 0.25) is 0 Å². The molecule has 62 valence electrons. The van der Waals surface area contributed by atoms with Gasteiger partial charge in [0.1, 0.15) is 11.8 Å². The van der Waals surface area contributed by atoms with E-state index in [0.29, 0.717) is 0 Å². The van der Waals surface area contributed by atoms with E-state index in [1.807, 2.05) is 49.5 Å². The van der Waals surface area contributed by atoms with E-state index < -0.39 is 0 Å². The Hall–Kier alpha value is -1.33. The summed E-state index contributed by atoms with van der Waals surface area (Å²) in [5.41, 5.74) is 0.727. The van der Waals surface area contributed by atoms with Crippen molar-refractivity contribution in [2.75, 3.05) is 0 Å². The molecule has 0 aliphatic rings.